The number of thioether (sulfide) groups is 1. The van der Waals surface area contributed by atoms with E-state index in [1.807, 2.05) is 20.8 Å². The number of aromatic amines is 1. The molecular weight excluding hydrogens is 200 g/mol. The lowest BCUT2D eigenvalue weighted by molar-refractivity contribution is -0.119. The number of nitrogens with one attached hydrogen (secondary N) is 2. The van der Waals surface area contributed by atoms with Crippen LogP contribution in [0.4, 0.5) is 0 Å². The van der Waals surface area contributed by atoms with Gasteiger partial charge in [0, 0.05) is 5.54 Å². The summed E-state index contributed by atoms with van der Waals surface area (Å²) in [6, 6.07) is 0. The van der Waals surface area contributed by atoms with E-state index in [2.05, 4.69) is 20.5 Å². The summed E-state index contributed by atoms with van der Waals surface area (Å²) in [6.45, 7) is 5.85. The van der Waals surface area contributed by atoms with Crippen LogP contribution in [0.2, 0.25) is 0 Å². The van der Waals surface area contributed by atoms with Gasteiger partial charge in [-0.05, 0) is 20.8 Å². The van der Waals surface area contributed by atoms with Crippen LogP contribution in [0.15, 0.2) is 11.5 Å². The molecule has 14 heavy (non-hydrogen) atoms. The minimum absolute atomic E-state index is 0.00102. The third-order valence-corrected chi connectivity index (χ3v) is 2.12. The number of hydrogen-bond acceptors (Lipinski definition) is 4. The van der Waals surface area contributed by atoms with E-state index in [-0.39, 0.29) is 11.4 Å². The molecule has 0 spiro atoms. The smallest absolute Gasteiger partial charge is 0.230 e. The standard InChI is InChI=1S/C8H14N4OS/c1-8(2,3)11-6(13)4-14-7-9-5-10-12-7/h5H,4H2,1-3H3,(H,11,13)(H,9,10,12). The molecule has 0 aliphatic rings. The van der Waals surface area contributed by atoms with Crippen LogP contribution in [-0.2, 0) is 4.79 Å². The van der Waals surface area contributed by atoms with Crippen molar-refractivity contribution in [2.24, 2.45) is 0 Å². The summed E-state index contributed by atoms with van der Waals surface area (Å²) in [6.07, 6.45) is 1.42. The second-order valence-corrected chi connectivity index (χ2v) is 4.84. The first-order chi connectivity index (χ1) is 6.47. The molecule has 0 atom stereocenters. The van der Waals surface area contributed by atoms with Crippen molar-refractivity contribution in [3.05, 3.63) is 6.33 Å². The summed E-state index contributed by atoms with van der Waals surface area (Å²) in [4.78, 5) is 15.3. The van der Waals surface area contributed by atoms with Crippen molar-refractivity contribution in [3.63, 3.8) is 0 Å². The molecule has 5 nitrogen and oxygen atoms in total. The minimum atomic E-state index is -0.181. The Hall–Kier alpha value is -1.04. The lowest BCUT2D eigenvalue weighted by atomic mass is 10.1. The monoisotopic (exact) mass is 214 g/mol. The van der Waals surface area contributed by atoms with E-state index in [0.29, 0.717) is 10.9 Å². The number of H-pyrrole nitrogens is 1. The van der Waals surface area contributed by atoms with Crippen molar-refractivity contribution in [3.8, 4) is 0 Å². The minimum Gasteiger partial charge on any atom is -0.351 e. The third kappa shape index (κ3) is 4.27. The van der Waals surface area contributed by atoms with Gasteiger partial charge in [-0.1, -0.05) is 11.8 Å². The van der Waals surface area contributed by atoms with Crippen LogP contribution in [0.3, 0.4) is 0 Å². The summed E-state index contributed by atoms with van der Waals surface area (Å²) in [7, 11) is 0. The van der Waals surface area contributed by atoms with Crippen molar-refractivity contribution in [1.29, 1.82) is 0 Å². The Bertz CT molecular complexity index is 291. The SMILES string of the molecule is CC(C)(C)NC(=O)CSc1ncn[nH]1. The lowest BCUT2D eigenvalue weighted by Gasteiger charge is -2.19. The fourth-order valence-corrected chi connectivity index (χ4v) is 1.43. The van der Waals surface area contributed by atoms with Gasteiger partial charge in [-0.15, -0.1) is 0 Å². The first-order valence-electron chi connectivity index (χ1n) is 4.26. The van der Waals surface area contributed by atoms with E-state index in [1.165, 1.54) is 18.1 Å². The van der Waals surface area contributed by atoms with Crippen molar-refractivity contribution >= 4 is 17.7 Å². The Labute approximate surface area is 87.1 Å². The van der Waals surface area contributed by atoms with Gasteiger partial charge in [-0.25, -0.2) is 4.98 Å². The van der Waals surface area contributed by atoms with E-state index in [9.17, 15) is 4.79 Å². The molecule has 0 bridgehead atoms. The molecule has 0 saturated heterocycles. The quantitative estimate of drug-likeness (QED) is 0.730. The molecule has 0 aromatic carbocycles. The Morgan fingerprint density at radius 3 is 2.86 bits per heavy atom. The topological polar surface area (TPSA) is 70.7 Å². The Balaban J connectivity index is 2.29. The van der Waals surface area contributed by atoms with Crippen molar-refractivity contribution in [1.82, 2.24) is 20.5 Å². The van der Waals surface area contributed by atoms with Gasteiger partial charge in [0.15, 0.2) is 5.16 Å². The molecule has 1 amide bonds. The summed E-state index contributed by atoms with van der Waals surface area (Å²) < 4.78 is 0. The molecule has 0 fully saturated rings. The number of amides is 1. The van der Waals surface area contributed by atoms with Crippen molar-refractivity contribution in [2.45, 2.75) is 31.5 Å². The Morgan fingerprint density at radius 2 is 2.36 bits per heavy atom. The van der Waals surface area contributed by atoms with Gasteiger partial charge in [0.2, 0.25) is 5.91 Å². The predicted octanol–water partition coefficient (Wildman–Crippen LogP) is 0.811. The normalized spacial score (nSPS) is 11.4. The van der Waals surface area contributed by atoms with Gasteiger partial charge in [0.05, 0.1) is 5.75 Å². The van der Waals surface area contributed by atoms with E-state index < -0.39 is 0 Å². The number of hydrogen-bond donors (Lipinski definition) is 2. The first-order valence-corrected chi connectivity index (χ1v) is 5.25. The van der Waals surface area contributed by atoms with Gasteiger partial charge in [-0.3, -0.25) is 9.89 Å². The predicted molar refractivity (Wildman–Crippen MR) is 55.0 cm³/mol. The summed E-state index contributed by atoms with van der Waals surface area (Å²) in [5.74, 6) is 0.353. The molecule has 0 unspecified atom stereocenters. The van der Waals surface area contributed by atoms with Crippen LogP contribution in [0.1, 0.15) is 20.8 Å². The molecule has 78 valence electrons. The largest absolute Gasteiger partial charge is 0.351 e. The van der Waals surface area contributed by atoms with E-state index in [1.54, 1.807) is 0 Å². The average molecular weight is 214 g/mol. The molecule has 0 aliphatic carbocycles. The highest BCUT2D eigenvalue weighted by molar-refractivity contribution is 7.99. The number of nitrogens with zero attached hydrogens (tertiary/aromatic N) is 2. The van der Waals surface area contributed by atoms with Gasteiger partial charge in [0.1, 0.15) is 6.33 Å². The zero-order valence-corrected chi connectivity index (χ0v) is 9.31. The van der Waals surface area contributed by atoms with E-state index in [0.717, 1.165) is 0 Å². The average Bonchev–Trinajstić information content (AvgIpc) is 2.49. The number of carbonyl (C=O) groups excluding carboxylic acids is 1. The zero-order chi connectivity index (χ0) is 10.6. The zero-order valence-electron chi connectivity index (χ0n) is 8.50. The molecule has 2 N–H and O–H groups in total. The van der Waals surface area contributed by atoms with Gasteiger partial charge < -0.3 is 5.32 Å². The van der Waals surface area contributed by atoms with Crippen LogP contribution in [0, 0.1) is 0 Å². The summed E-state index contributed by atoms with van der Waals surface area (Å²) >= 11 is 1.33. The third-order valence-electron chi connectivity index (χ3n) is 1.25. The molecule has 1 aromatic rings. The number of rotatable bonds is 3. The Kier molecular flexibility index (Phi) is 3.51. The highest BCUT2D eigenvalue weighted by Crippen LogP contribution is 2.10. The van der Waals surface area contributed by atoms with Crippen LogP contribution < -0.4 is 5.32 Å². The van der Waals surface area contributed by atoms with Gasteiger partial charge in [-0.2, -0.15) is 5.10 Å². The second-order valence-electron chi connectivity index (χ2n) is 3.88. The molecule has 1 heterocycles. The molecule has 1 rings (SSSR count). The highest BCUT2D eigenvalue weighted by Gasteiger charge is 2.13. The molecule has 6 heteroatoms. The van der Waals surface area contributed by atoms with E-state index in [4.69, 9.17) is 0 Å². The molecule has 0 radical (unpaired) electrons. The summed E-state index contributed by atoms with van der Waals surface area (Å²) in [5, 5.41) is 9.88. The van der Waals surface area contributed by atoms with Gasteiger partial charge >= 0.3 is 0 Å². The fourth-order valence-electron chi connectivity index (χ4n) is 0.852. The van der Waals surface area contributed by atoms with Crippen LogP contribution in [0.5, 0.6) is 0 Å². The lowest BCUT2D eigenvalue weighted by Crippen LogP contribution is -2.41. The molecule has 0 aliphatic heterocycles. The molecular formula is C8H14N4OS. The first kappa shape index (κ1) is 11.0. The van der Waals surface area contributed by atoms with E-state index >= 15 is 0 Å². The number of aromatic nitrogens is 3. The van der Waals surface area contributed by atoms with Crippen LogP contribution in [-0.4, -0.2) is 32.4 Å². The number of carbonyl (C=O) groups is 1. The maximum Gasteiger partial charge on any atom is 0.230 e. The maximum absolute atomic E-state index is 11.4. The van der Waals surface area contributed by atoms with Crippen molar-refractivity contribution < 1.29 is 4.79 Å². The van der Waals surface area contributed by atoms with Crippen molar-refractivity contribution in [2.75, 3.05) is 5.75 Å². The highest BCUT2D eigenvalue weighted by atomic mass is 32.2. The Morgan fingerprint density at radius 1 is 1.64 bits per heavy atom. The van der Waals surface area contributed by atoms with Gasteiger partial charge in [0.25, 0.3) is 0 Å². The van der Waals surface area contributed by atoms with Crippen LogP contribution >= 0.6 is 11.8 Å². The second kappa shape index (κ2) is 4.45. The molecule has 0 saturated carbocycles. The fraction of sp³-hybridized carbons (Fsp3) is 0.625. The van der Waals surface area contributed by atoms with Crippen LogP contribution in [0.25, 0.3) is 0 Å². The maximum atomic E-state index is 11.4. The molecule has 1 aromatic heterocycles. The summed E-state index contributed by atoms with van der Waals surface area (Å²) in [5.41, 5.74) is -0.181.